The third-order valence-electron chi connectivity index (χ3n) is 1.34. The largest absolute Gasteiger partial charge is 0.295 e. The fourth-order valence-corrected chi connectivity index (χ4v) is 0.629. The summed E-state index contributed by atoms with van der Waals surface area (Å²) in [7, 11) is 0. The Hall–Kier alpha value is -1.25. The zero-order chi connectivity index (χ0) is 7.72. The third-order valence-corrected chi connectivity index (χ3v) is 1.34. The van der Waals surface area contributed by atoms with Gasteiger partial charge < -0.3 is 0 Å². The zero-order valence-corrected chi connectivity index (χ0v) is 6.01. The Kier molecular flexibility index (Phi) is 1.49. The molecule has 10 heavy (non-hydrogen) atoms. The summed E-state index contributed by atoms with van der Waals surface area (Å²) in [5.74, 6) is -0.330. The number of hydrogen-bond donors (Lipinski definition) is 0. The maximum atomic E-state index is 10.8. The van der Waals surface area contributed by atoms with Crippen molar-refractivity contribution in [2.75, 3.05) is 0 Å². The molecular formula is C7H8N2O. The molecule has 3 heteroatoms. The Balaban J connectivity index is 3.06. The van der Waals surface area contributed by atoms with E-state index in [1.165, 1.54) is 0 Å². The Morgan fingerprint density at radius 2 is 1.70 bits per heavy atom. The second-order valence-corrected chi connectivity index (χ2v) is 2.15. The van der Waals surface area contributed by atoms with Crippen LogP contribution in [0, 0.1) is 0 Å². The zero-order valence-electron chi connectivity index (χ0n) is 6.01. The van der Waals surface area contributed by atoms with Crippen LogP contribution in [-0.4, -0.2) is 17.3 Å². The van der Waals surface area contributed by atoms with Gasteiger partial charge >= 0.3 is 0 Å². The van der Waals surface area contributed by atoms with Gasteiger partial charge in [0.1, 0.15) is 5.70 Å². The standard InChI is InChI=1S/C7H8N2O/c1-4-5(2)9-7(10)6(3)8-4/h3H2,1-2H3. The normalized spacial score (nSPS) is 18.6. The number of nitrogens with zero attached hydrogens (tertiary/aromatic N) is 2. The van der Waals surface area contributed by atoms with Gasteiger partial charge in [-0.05, 0) is 13.8 Å². The molecule has 0 spiro atoms. The molecule has 1 heterocycles. The second kappa shape index (κ2) is 2.17. The van der Waals surface area contributed by atoms with Crippen molar-refractivity contribution in [1.82, 2.24) is 0 Å². The molecule has 1 rings (SSSR count). The van der Waals surface area contributed by atoms with Gasteiger partial charge in [0.25, 0.3) is 5.91 Å². The van der Waals surface area contributed by atoms with Crippen molar-refractivity contribution in [3.05, 3.63) is 12.3 Å². The van der Waals surface area contributed by atoms with Crippen LogP contribution in [0.2, 0.25) is 0 Å². The highest BCUT2D eigenvalue weighted by Gasteiger charge is 2.12. The summed E-state index contributed by atoms with van der Waals surface area (Å²) in [5.41, 5.74) is 1.67. The molecule has 0 unspecified atom stereocenters. The summed E-state index contributed by atoms with van der Waals surface area (Å²) in [4.78, 5) is 18.3. The summed E-state index contributed by atoms with van der Waals surface area (Å²) in [5, 5.41) is 0. The lowest BCUT2D eigenvalue weighted by atomic mass is 10.2. The van der Waals surface area contributed by atoms with Crippen molar-refractivity contribution in [3.63, 3.8) is 0 Å². The Labute approximate surface area is 59.2 Å². The van der Waals surface area contributed by atoms with Crippen molar-refractivity contribution in [1.29, 1.82) is 0 Å². The molecular weight excluding hydrogens is 128 g/mol. The van der Waals surface area contributed by atoms with Crippen LogP contribution in [0.3, 0.4) is 0 Å². The van der Waals surface area contributed by atoms with E-state index < -0.39 is 0 Å². The predicted molar refractivity (Wildman–Crippen MR) is 40.4 cm³/mol. The van der Waals surface area contributed by atoms with E-state index >= 15 is 0 Å². The lowest BCUT2D eigenvalue weighted by molar-refractivity contribution is -0.114. The molecule has 0 atom stereocenters. The Morgan fingerprint density at radius 3 is 2.20 bits per heavy atom. The average Bonchev–Trinajstić information content (AvgIpc) is 1.84. The molecule has 0 fully saturated rings. The van der Waals surface area contributed by atoms with Crippen LogP contribution in [0.5, 0.6) is 0 Å². The van der Waals surface area contributed by atoms with E-state index in [0.29, 0.717) is 5.71 Å². The minimum atomic E-state index is -0.330. The van der Waals surface area contributed by atoms with Crippen LogP contribution in [-0.2, 0) is 4.79 Å². The first kappa shape index (κ1) is 6.86. The third kappa shape index (κ3) is 1.03. The van der Waals surface area contributed by atoms with Gasteiger partial charge in [-0.3, -0.25) is 4.79 Å². The van der Waals surface area contributed by atoms with Crippen LogP contribution >= 0.6 is 0 Å². The van der Waals surface area contributed by atoms with E-state index in [1.54, 1.807) is 13.8 Å². The molecule has 3 nitrogen and oxygen atoms in total. The summed E-state index contributed by atoms with van der Waals surface area (Å²) in [6, 6.07) is 0. The van der Waals surface area contributed by atoms with Crippen LogP contribution < -0.4 is 0 Å². The topological polar surface area (TPSA) is 41.8 Å². The van der Waals surface area contributed by atoms with Crippen LogP contribution in [0.1, 0.15) is 13.8 Å². The minimum absolute atomic E-state index is 0.225. The highest BCUT2D eigenvalue weighted by molar-refractivity contribution is 6.44. The van der Waals surface area contributed by atoms with Gasteiger partial charge in [-0.1, -0.05) is 6.58 Å². The molecule has 0 aromatic rings. The first-order valence-corrected chi connectivity index (χ1v) is 2.95. The number of aliphatic imine (C=N–C) groups is 2. The Bertz CT molecular complexity index is 233. The quantitative estimate of drug-likeness (QED) is 0.457. The smallest absolute Gasteiger partial charge is 0.265 e. The number of hydrogen-bond acceptors (Lipinski definition) is 2. The van der Waals surface area contributed by atoms with Gasteiger partial charge in [-0.2, -0.15) is 0 Å². The van der Waals surface area contributed by atoms with Crippen LogP contribution in [0.25, 0.3) is 0 Å². The second-order valence-electron chi connectivity index (χ2n) is 2.15. The first-order valence-electron chi connectivity index (χ1n) is 2.95. The predicted octanol–water partition coefficient (Wildman–Crippen LogP) is 0.962. The monoisotopic (exact) mass is 136 g/mol. The fourth-order valence-electron chi connectivity index (χ4n) is 0.629. The molecule has 0 aromatic heterocycles. The highest BCUT2D eigenvalue weighted by atomic mass is 16.1. The maximum Gasteiger partial charge on any atom is 0.295 e. The summed E-state index contributed by atoms with van der Waals surface area (Å²) >= 11 is 0. The van der Waals surface area contributed by atoms with E-state index in [0.717, 1.165) is 5.71 Å². The Morgan fingerprint density at radius 1 is 1.20 bits per heavy atom. The lowest BCUT2D eigenvalue weighted by Crippen LogP contribution is -2.15. The van der Waals surface area contributed by atoms with Crippen molar-refractivity contribution >= 4 is 17.3 Å². The molecule has 1 aliphatic rings. The van der Waals surface area contributed by atoms with Crippen LogP contribution in [0.4, 0.5) is 0 Å². The van der Waals surface area contributed by atoms with E-state index in [4.69, 9.17) is 0 Å². The molecule has 0 N–H and O–H groups in total. The van der Waals surface area contributed by atoms with E-state index in [-0.39, 0.29) is 11.6 Å². The molecule has 52 valence electrons. The number of carbonyl (C=O) groups is 1. The maximum absolute atomic E-state index is 10.8. The van der Waals surface area contributed by atoms with Gasteiger partial charge in [-0.15, -0.1) is 0 Å². The van der Waals surface area contributed by atoms with Gasteiger partial charge in [-0.25, -0.2) is 9.98 Å². The van der Waals surface area contributed by atoms with Gasteiger partial charge in [0.15, 0.2) is 0 Å². The molecule has 0 aliphatic carbocycles. The van der Waals surface area contributed by atoms with Crippen molar-refractivity contribution < 1.29 is 4.79 Å². The summed E-state index contributed by atoms with van der Waals surface area (Å²) in [6.07, 6.45) is 0. The number of rotatable bonds is 0. The van der Waals surface area contributed by atoms with E-state index in [1.807, 2.05) is 0 Å². The summed E-state index contributed by atoms with van der Waals surface area (Å²) < 4.78 is 0. The molecule has 1 aliphatic heterocycles. The lowest BCUT2D eigenvalue weighted by Gasteiger charge is -2.05. The molecule has 1 amide bonds. The molecule has 0 saturated heterocycles. The first-order chi connectivity index (χ1) is 4.61. The van der Waals surface area contributed by atoms with E-state index in [9.17, 15) is 4.79 Å². The van der Waals surface area contributed by atoms with Crippen molar-refractivity contribution in [3.8, 4) is 0 Å². The number of carbonyl (C=O) groups excluding carboxylic acids is 1. The van der Waals surface area contributed by atoms with Gasteiger partial charge in [0.2, 0.25) is 0 Å². The fraction of sp³-hybridized carbons (Fsp3) is 0.286. The summed E-state index contributed by atoms with van der Waals surface area (Å²) in [6.45, 7) is 6.99. The van der Waals surface area contributed by atoms with Crippen molar-refractivity contribution in [2.24, 2.45) is 9.98 Å². The minimum Gasteiger partial charge on any atom is -0.265 e. The van der Waals surface area contributed by atoms with Gasteiger partial charge in [0.05, 0.1) is 11.4 Å². The molecule has 0 bridgehead atoms. The average molecular weight is 136 g/mol. The van der Waals surface area contributed by atoms with Crippen molar-refractivity contribution in [2.45, 2.75) is 13.8 Å². The molecule has 0 radical (unpaired) electrons. The molecule has 0 aromatic carbocycles. The SMILES string of the molecule is C=C1N=C(C)C(C)=NC1=O. The number of amides is 1. The van der Waals surface area contributed by atoms with Crippen LogP contribution in [0.15, 0.2) is 22.3 Å². The molecule has 0 saturated carbocycles. The van der Waals surface area contributed by atoms with E-state index in [2.05, 4.69) is 16.6 Å². The highest BCUT2D eigenvalue weighted by Crippen LogP contribution is 2.04. The van der Waals surface area contributed by atoms with Gasteiger partial charge in [0, 0.05) is 0 Å².